The number of aromatic nitrogens is 3. The lowest BCUT2D eigenvalue weighted by Crippen LogP contribution is -2.15. The van der Waals surface area contributed by atoms with Crippen LogP contribution in [-0.2, 0) is 0 Å². The number of benzene rings is 3. The van der Waals surface area contributed by atoms with Crippen molar-refractivity contribution in [1.82, 2.24) is 15.0 Å². The molecule has 2 N–H and O–H groups in total. The summed E-state index contributed by atoms with van der Waals surface area (Å²) < 4.78 is 0. The normalized spacial score (nSPS) is 11.1. The fourth-order valence-corrected chi connectivity index (χ4v) is 3.97. The lowest BCUT2D eigenvalue weighted by atomic mass is 9.99. The molecule has 0 saturated carbocycles. The van der Waals surface area contributed by atoms with Gasteiger partial charge < -0.3 is 10.4 Å². The minimum atomic E-state index is -0.203. The lowest BCUT2D eigenvalue weighted by molar-refractivity contribution is 0.102. The lowest BCUT2D eigenvalue weighted by Gasteiger charge is -2.12. The summed E-state index contributed by atoms with van der Waals surface area (Å²) in [7, 11) is 0. The molecular weight excluding hydrogens is 376 g/mol. The number of carbonyl (C=O) groups is 1. The molecule has 6 heteroatoms. The summed E-state index contributed by atoms with van der Waals surface area (Å²) in [5.41, 5.74) is 8.26. The fourth-order valence-electron chi connectivity index (χ4n) is 3.97. The zero-order chi connectivity index (χ0) is 21.6. The van der Waals surface area contributed by atoms with E-state index in [1.165, 1.54) is 10.9 Å². The number of carbonyl (C=O) groups excluding carboxylic acids is 1. The number of nitrogens with zero attached hydrogens (tertiary/aromatic N) is 3. The molecule has 0 fully saturated rings. The molecule has 4 rings (SSSR count). The van der Waals surface area contributed by atoms with Crippen LogP contribution in [0.15, 0.2) is 42.5 Å². The first-order valence-electron chi connectivity index (χ1n) is 9.80. The van der Waals surface area contributed by atoms with Gasteiger partial charge in [0, 0.05) is 17.3 Å². The molecule has 0 aliphatic rings. The first kappa shape index (κ1) is 19.6. The van der Waals surface area contributed by atoms with Crippen molar-refractivity contribution >= 4 is 22.6 Å². The number of hydrogen-bond donors (Lipinski definition) is 2. The Labute approximate surface area is 175 Å². The molecule has 1 heterocycles. The number of hydrogen-bond acceptors (Lipinski definition) is 4. The van der Waals surface area contributed by atoms with Crippen molar-refractivity contribution in [2.24, 2.45) is 0 Å². The van der Waals surface area contributed by atoms with Crippen LogP contribution in [0.3, 0.4) is 0 Å². The Morgan fingerprint density at radius 2 is 1.50 bits per heavy atom. The SMILES string of the molecule is Cc1cc(C)c(C(=O)Nc2ccc(-n3nc4cc(C)cc(C)c4n3)c(O)c2)c(C)c1. The van der Waals surface area contributed by atoms with Crippen LogP contribution >= 0.6 is 0 Å². The number of aryl methyl sites for hydroxylation is 5. The highest BCUT2D eigenvalue weighted by atomic mass is 16.3. The maximum Gasteiger partial charge on any atom is 0.256 e. The number of nitrogens with one attached hydrogen (secondary N) is 1. The first-order valence-corrected chi connectivity index (χ1v) is 9.80. The van der Waals surface area contributed by atoms with Gasteiger partial charge in [-0.1, -0.05) is 23.8 Å². The number of fused-ring (bicyclic) bond motifs is 1. The zero-order valence-corrected chi connectivity index (χ0v) is 17.7. The van der Waals surface area contributed by atoms with E-state index in [1.807, 2.05) is 52.8 Å². The smallest absolute Gasteiger partial charge is 0.256 e. The van der Waals surface area contributed by atoms with Gasteiger partial charge in [0.05, 0.1) is 0 Å². The molecule has 0 aliphatic carbocycles. The van der Waals surface area contributed by atoms with E-state index in [0.717, 1.165) is 38.9 Å². The van der Waals surface area contributed by atoms with E-state index < -0.39 is 0 Å². The van der Waals surface area contributed by atoms with Crippen molar-refractivity contribution in [3.63, 3.8) is 0 Å². The molecule has 30 heavy (non-hydrogen) atoms. The van der Waals surface area contributed by atoms with Crippen LogP contribution in [0.25, 0.3) is 16.7 Å². The standard InChI is InChI=1S/C24H24N4O2/c1-13-8-15(3)22(16(4)9-13)24(30)25-18-6-7-20(21(29)12-18)28-26-19-11-14(2)10-17(5)23(19)27-28/h6-12,29H,1-5H3,(H,25,30). The van der Waals surface area contributed by atoms with E-state index in [0.29, 0.717) is 16.9 Å². The first-order chi connectivity index (χ1) is 14.2. The number of anilines is 1. The minimum Gasteiger partial charge on any atom is -0.506 e. The molecule has 0 atom stereocenters. The van der Waals surface area contributed by atoms with E-state index >= 15 is 0 Å². The summed E-state index contributed by atoms with van der Waals surface area (Å²) in [5, 5.41) is 22.4. The second kappa shape index (κ2) is 7.30. The monoisotopic (exact) mass is 400 g/mol. The van der Waals surface area contributed by atoms with Gasteiger partial charge in [-0.25, -0.2) is 0 Å². The molecule has 3 aromatic carbocycles. The van der Waals surface area contributed by atoms with E-state index in [9.17, 15) is 9.90 Å². The molecule has 0 aliphatic heterocycles. The van der Waals surface area contributed by atoms with Gasteiger partial charge in [0.15, 0.2) is 0 Å². The summed E-state index contributed by atoms with van der Waals surface area (Å²) in [6.07, 6.45) is 0. The third-order valence-corrected chi connectivity index (χ3v) is 5.17. The van der Waals surface area contributed by atoms with Gasteiger partial charge in [0.1, 0.15) is 22.5 Å². The van der Waals surface area contributed by atoms with Crippen molar-refractivity contribution in [3.05, 3.63) is 75.8 Å². The molecule has 0 unspecified atom stereocenters. The van der Waals surface area contributed by atoms with Crippen LogP contribution in [0.4, 0.5) is 5.69 Å². The summed E-state index contributed by atoms with van der Waals surface area (Å²) in [6.45, 7) is 9.86. The van der Waals surface area contributed by atoms with Crippen LogP contribution < -0.4 is 5.32 Å². The molecule has 1 amide bonds. The van der Waals surface area contributed by atoms with Crippen LogP contribution in [0.5, 0.6) is 5.75 Å². The predicted molar refractivity (Wildman–Crippen MR) is 119 cm³/mol. The largest absolute Gasteiger partial charge is 0.506 e. The number of amides is 1. The Kier molecular flexibility index (Phi) is 4.78. The molecule has 0 spiro atoms. The maximum atomic E-state index is 12.8. The van der Waals surface area contributed by atoms with Gasteiger partial charge >= 0.3 is 0 Å². The van der Waals surface area contributed by atoms with E-state index in [-0.39, 0.29) is 11.7 Å². The van der Waals surface area contributed by atoms with Crippen LogP contribution in [0.2, 0.25) is 0 Å². The highest BCUT2D eigenvalue weighted by Gasteiger charge is 2.15. The molecule has 0 saturated heterocycles. The van der Waals surface area contributed by atoms with Crippen molar-refractivity contribution in [1.29, 1.82) is 0 Å². The molecule has 1 aromatic heterocycles. The summed E-state index contributed by atoms with van der Waals surface area (Å²) in [6, 6.07) is 12.9. The van der Waals surface area contributed by atoms with Crippen molar-refractivity contribution in [2.45, 2.75) is 34.6 Å². The fraction of sp³-hybridized carbons (Fsp3) is 0.208. The molecule has 6 nitrogen and oxygen atoms in total. The molecule has 152 valence electrons. The summed E-state index contributed by atoms with van der Waals surface area (Å²) in [5.74, 6) is -0.217. The average Bonchev–Trinajstić information content (AvgIpc) is 3.04. The Bertz CT molecular complexity index is 1280. The topological polar surface area (TPSA) is 80.0 Å². The third kappa shape index (κ3) is 3.52. The maximum absolute atomic E-state index is 12.8. The molecule has 0 bridgehead atoms. The van der Waals surface area contributed by atoms with Crippen molar-refractivity contribution in [2.75, 3.05) is 5.32 Å². The predicted octanol–water partition coefficient (Wildman–Crippen LogP) is 4.92. The molecule has 0 radical (unpaired) electrons. The Balaban J connectivity index is 1.64. The van der Waals surface area contributed by atoms with Crippen LogP contribution in [-0.4, -0.2) is 26.0 Å². The van der Waals surface area contributed by atoms with Gasteiger partial charge in [0.25, 0.3) is 5.91 Å². The van der Waals surface area contributed by atoms with E-state index in [1.54, 1.807) is 12.1 Å². The Morgan fingerprint density at radius 1 is 0.867 bits per heavy atom. The average molecular weight is 400 g/mol. The number of aromatic hydroxyl groups is 1. The summed E-state index contributed by atoms with van der Waals surface area (Å²) >= 11 is 0. The van der Waals surface area contributed by atoms with Gasteiger partial charge in [-0.3, -0.25) is 4.79 Å². The second-order valence-corrected chi connectivity index (χ2v) is 7.87. The van der Waals surface area contributed by atoms with Crippen LogP contribution in [0, 0.1) is 34.6 Å². The quantitative estimate of drug-likeness (QED) is 0.511. The minimum absolute atomic E-state index is 0.0140. The van der Waals surface area contributed by atoms with Crippen molar-refractivity contribution < 1.29 is 9.90 Å². The highest BCUT2D eigenvalue weighted by Crippen LogP contribution is 2.27. The van der Waals surface area contributed by atoms with Gasteiger partial charge in [0.2, 0.25) is 0 Å². The van der Waals surface area contributed by atoms with Gasteiger partial charge in [-0.2, -0.15) is 0 Å². The van der Waals surface area contributed by atoms with Gasteiger partial charge in [-0.05, 0) is 75.1 Å². The Hall–Kier alpha value is -3.67. The molecule has 4 aromatic rings. The molecular formula is C24H24N4O2. The zero-order valence-electron chi connectivity index (χ0n) is 17.7. The van der Waals surface area contributed by atoms with Crippen LogP contribution in [0.1, 0.15) is 38.2 Å². The number of rotatable bonds is 3. The van der Waals surface area contributed by atoms with E-state index in [4.69, 9.17) is 0 Å². The third-order valence-electron chi connectivity index (χ3n) is 5.17. The second-order valence-electron chi connectivity index (χ2n) is 7.87. The number of phenolic OH excluding ortho intramolecular Hbond substituents is 1. The van der Waals surface area contributed by atoms with Gasteiger partial charge in [-0.15, -0.1) is 15.0 Å². The van der Waals surface area contributed by atoms with E-state index in [2.05, 4.69) is 21.6 Å². The van der Waals surface area contributed by atoms with Crippen molar-refractivity contribution in [3.8, 4) is 11.4 Å². The Morgan fingerprint density at radius 3 is 2.17 bits per heavy atom. The highest BCUT2D eigenvalue weighted by molar-refractivity contribution is 6.06. The summed E-state index contributed by atoms with van der Waals surface area (Å²) in [4.78, 5) is 14.2. The number of phenols is 1.